The van der Waals surface area contributed by atoms with E-state index in [1.165, 1.54) is 12.0 Å². The van der Waals surface area contributed by atoms with E-state index in [1.807, 2.05) is 0 Å². The smallest absolute Gasteiger partial charge is 0.410 e. The molecule has 2 aliphatic heterocycles. The highest BCUT2D eigenvalue weighted by Crippen LogP contribution is 2.27. The summed E-state index contributed by atoms with van der Waals surface area (Å²) in [5.74, 6) is -0.350. The second kappa shape index (κ2) is 2.90. The molecular formula is C8H11NO4. The molecule has 0 aromatic heterocycles. The van der Waals surface area contributed by atoms with Crippen molar-refractivity contribution in [1.82, 2.24) is 4.90 Å². The Morgan fingerprint density at radius 3 is 3.08 bits per heavy atom. The van der Waals surface area contributed by atoms with Gasteiger partial charge in [-0.3, -0.25) is 4.90 Å². The van der Waals surface area contributed by atoms with Crippen molar-refractivity contribution in [3.63, 3.8) is 0 Å². The van der Waals surface area contributed by atoms with Gasteiger partial charge in [0.15, 0.2) is 0 Å². The Kier molecular flexibility index (Phi) is 1.86. The molecule has 2 heterocycles. The van der Waals surface area contributed by atoms with Gasteiger partial charge < -0.3 is 9.47 Å². The van der Waals surface area contributed by atoms with Crippen LogP contribution in [-0.2, 0) is 14.3 Å². The summed E-state index contributed by atoms with van der Waals surface area (Å²) < 4.78 is 9.59. The maximum atomic E-state index is 11.2. The Bertz CT molecular complexity index is 253. The SMILES string of the molecule is COC(=O)[C@H]1CC[C@H]2CN1C(=O)O2. The molecule has 0 saturated carbocycles. The van der Waals surface area contributed by atoms with Gasteiger partial charge in [0.2, 0.25) is 0 Å². The Labute approximate surface area is 75.6 Å². The second-order valence-electron chi connectivity index (χ2n) is 3.27. The highest BCUT2D eigenvalue weighted by Gasteiger charge is 2.44. The third-order valence-corrected chi connectivity index (χ3v) is 2.51. The number of nitrogens with zero attached hydrogens (tertiary/aromatic N) is 1. The summed E-state index contributed by atoms with van der Waals surface area (Å²) >= 11 is 0. The van der Waals surface area contributed by atoms with E-state index in [0.29, 0.717) is 13.0 Å². The molecule has 2 saturated heterocycles. The Morgan fingerprint density at radius 2 is 2.38 bits per heavy atom. The van der Waals surface area contributed by atoms with Crippen LogP contribution in [0.25, 0.3) is 0 Å². The van der Waals surface area contributed by atoms with Crippen molar-refractivity contribution in [3.8, 4) is 0 Å². The predicted molar refractivity (Wildman–Crippen MR) is 42.0 cm³/mol. The third kappa shape index (κ3) is 1.24. The van der Waals surface area contributed by atoms with E-state index >= 15 is 0 Å². The first-order valence-corrected chi connectivity index (χ1v) is 4.27. The van der Waals surface area contributed by atoms with Gasteiger partial charge in [-0.25, -0.2) is 9.59 Å². The van der Waals surface area contributed by atoms with Gasteiger partial charge >= 0.3 is 12.1 Å². The summed E-state index contributed by atoms with van der Waals surface area (Å²) in [4.78, 5) is 23.9. The second-order valence-corrected chi connectivity index (χ2v) is 3.27. The molecule has 2 aliphatic rings. The minimum atomic E-state index is -0.434. The monoisotopic (exact) mass is 185 g/mol. The van der Waals surface area contributed by atoms with Crippen molar-refractivity contribution in [2.75, 3.05) is 13.7 Å². The van der Waals surface area contributed by atoms with Crippen molar-refractivity contribution < 1.29 is 19.1 Å². The standard InChI is InChI=1S/C8H11NO4/c1-12-7(10)6-3-2-5-4-9(6)8(11)13-5/h5-6H,2-4H2,1H3/t5-,6+/m0/s1. The number of methoxy groups -OCH3 is 1. The molecule has 2 rings (SSSR count). The van der Waals surface area contributed by atoms with Gasteiger partial charge in [-0.05, 0) is 12.8 Å². The predicted octanol–water partition coefficient (Wildman–Crippen LogP) is 0.143. The highest BCUT2D eigenvalue weighted by atomic mass is 16.6. The maximum Gasteiger partial charge on any atom is 0.410 e. The normalized spacial score (nSPS) is 31.5. The van der Waals surface area contributed by atoms with Crippen LogP contribution < -0.4 is 0 Å². The largest absolute Gasteiger partial charge is 0.467 e. The molecule has 2 bridgehead atoms. The summed E-state index contributed by atoms with van der Waals surface area (Å²) in [6, 6.07) is -0.434. The van der Waals surface area contributed by atoms with E-state index in [4.69, 9.17) is 4.74 Å². The zero-order chi connectivity index (χ0) is 9.42. The summed E-state index contributed by atoms with van der Waals surface area (Å²) in [5.41, 5.74) is 0. The van der Waals surface area contributed by atoms with Gasteiger partial charge in [0.25, 0.3) is 0 Å². The molecular weight excluding hydrogens is 174 g/mol. The van der Waals surface area contributed by atoms with E-state index in [-0.39, 0.29) is 12.1 Å². The molecule has 0 spiro atoms. The molecule has 1 amide bonds. The number of hydrogen-bond donors (Lipinski definition) is 0. The molecule has 0 radical (unpaired) electrons. The number of esters is 1. The van der Waals surface area contributed by atoms with Crippen molar-refractivity contribution in [2.45, 2.75) is 25.0 Å². The van der Waals surface area contributed by atoms with Crippen LogP contribution in [0.4, 0.5) is 4.79 Å². The van der Waals surface area contributed by atoms with Crippen LogP contribution in [-0.4, -0.2) is 42.8 Å². The lowest BCUT2D eigenvalue weighted by atomic mass is 10.0. The number of ether oxygens (including phenoxy) is 2. The molecule has 2 atom stereocenters. The number of rotatable bonds is 1. The van der Waals surface area contributed by atoms with Gasteiger partial charge in [0.1, 0.15) is 12.1 Å². The summed E-state index contributed by atoms with van der Waals surface area (Å²) in [5, 5.41) is 0. The average Bonchev–Trinajstić information content (AvgIpc) is 2.42. The number of piperidine rings is 1. The van der Waals surface area contributed by atoms with Crippen LogP contribution in [0, 0.1) is 0 Å². The van der Waals surface area contributed by atoms with E-state index in [1.54, 1.807) is 0 Å². The molecule has 0 unspecified atom stereocenters. The molecule has 2 fully saturated rings. The van der Waals surface area contributed by atoms with Gasteiger partial charge in [-0.15, -0.1) is 0 Å². The number of hydrogen-bond acceptors (Lipinski definition) is 4. The van der Waals surface area contributed by atoms with E-state index in [0.717, 1.165) is 6.42 Å². The van der Waals surface area contributed by atoms with Gasteiger partial charge in [0, 0.05) is 0 Å². The van der Waals surface area contributed by atoms with Gasteiger partial charge in [-0.1, -0.05) is 0 Å². The molecule has 72 valence electrons. The Morgan fingerprint density at radius 1 is 1.62 bits per heavy atom. The van der Waals surface area contributed by atoms with E-state index in [9.17, 15) is 9.59 Å². The lowest BCUT2D eigenvalue weighted by molar-refractivity contribution is -0.146. The number of amides is 1. The lowest BCUT2D eigenvalue weighted by Gasteiger charge is -2.26. The van der Waals surface area contributed by atoms with Gasteiger partial charge in [-0.2, -0.15) is 0 Å². The lowest BCUT2D eigenvalue weighted by Crippen LogP contribution is -2.45. The fraction of sp³-hybridized carbons (Fsp3) is 0.750. The molecule has 0 N–H and O–H groups in total. The molecule has 13 heavy (non-hydrogen) atoms. The van der Waals surface area contributed by atoms with Crippen LogP contribution in [0.5, 0.6) is 0 Å². The van der Waals surface area contributed by atoms with Crippen LogP contribution in [0.15, 0.2) is 0 Å². The van der Waals surface area contributed by atoms with Crippen LogP contribution in [0.1, 0.15) is 12.8 Å². The molecule has 5 heteroatoms. The topological polar surface area (TPSA) is 55.8 Å². The van der Waals surface area contributed by atoms with Gasteiger partial charge in [0.05, 0.1) is 13.7 Å². The summed E-state index contributed by atoms with van der Waals surface area (Å²) in [6.07, 6.45) is 0.983. The zero-order valence-electron chi connectivity index (χ0n) is 7.36. The first-order valence-electron chi connectivity index (χ1n) is 4.27. The first-order chi connectivity index (χ1) is 6.22. The fourth-order valence-corrected chi connectivity index (χ4v) is 1.83. The van der Waals surface area contributed by atoms with E-state index < -0.39 is 12.1 Å². The quantitative estimate of drug-likeness (QED) is 0.545. The molecule has 0 aromatic rings. The number of carbonyl (C=O) groups is 2. The summed E-state index contributed by atoms with van der Waals surface area (Å²) in [6.45, 7) is 0.526. The molecule has 5 nitrogen and oxygen atoms in total. The van der Waals surface area contributed by atoms with Crippen molar-refractivity contribution in [3.05, 3.63) is 0 Å². The number of fused-ring (bicyclic) bond motifs is 2. The van der Waals surface area contributed by atoms with Crippen LogP contribution in [0.2, 0.25) is 0 Å². The number of carbonyl (C=O) groups excluding carboxylic acids is 2. The van der Waals surface area contributed by atoms with E-state index in [2.05, 4.69) is 4.74 Å². The zero-order valence-corrected chi connectivity index (χ0v) is 7.36. The third-order valence-electron chi connectivity index (χ3n) is 2.51. The molecule has 0 aliphatic carbocycles. The van der Waals surface area contributed by atoms with Crippen molar-refractivity contribution in [1.29, 1.82) is 0 Å². The summed E-state index contributed by atoms with van der Waals surface area (Å²) in [7, 11) is 1.33. The van der Waals surface area contributed by atoms with Crippen molar-refractivity contribution >= 4 is 12.1 Å². The van der Waals surface area contributed by atoms with Crippen molar-refractivity contribution in [2.24, 2.45) is 0 Å². The first kappa shape index (κ1) is 8.34. The average molecular weight is 185 g/mol. The van der Waals surface area contributed by atoms with Crippen LogP contribution in [0.3, 0.4) is 0 Å². The maximum absolute atomic E-state index is 11.2. The molecule has 0 aromatic carbocycles. The Hall–Kier alpha value is -1.26. The fourth-order valence-electron chi connectivity index (χ4n) is 1.83. The Balaban J connectivity index is 2.13. The minimum absolute atomic E-state index is 0.0200. The van der Waals surface area contributed by atoms with Crippen LogP contribution >= 0.6 is 0 Å². The minimum Gasteiger partial charge on any atom is -0.467 e. The highest BCUT2D eigenvalue weighted by molar-refractivity contribution is 5.82.